The summed E-state index contributed by atoms with van der Waals surface area (Å²) in [5, 5.41) is 18.6. The number of nitrogens with one attached hydrogen (secondary N) is 2. The minimum atomic E-state index is -1.24. The average molecular weight is 571 g/mol. The molecule has 6 nitrogen and oxygen atoms in total. The van der Waals surface area contributed by atoms with Crippen LogP contribution in [0.4, 0.5) is 9.18 Å². The number of rotatable bonds is 12. The van der Waals surface area contributed by atoms with Gasteiger partial charge in [0.15, 0.2) is 0 Å². The first-order valence-corrected chi connectivity index (χ1v) is 14.5. The van der Waals surface area contributed by atoms with E-state index in [-0.39, 0.29) is 23.8 Å². The van der Waals surface area contributed by atoms with E-state index in [1.54, 1.807) is 13.2 Å². The van der Waals surface area contributed by atoms with E-state index in [0.29, 0.717) is 42.1 Å². The number of carbonyl (C=O) groups excluding carboxylic acids is 1. The molecular weight excluding hydrogens is 525 g/mol. The van der Waals surface area contributed by atoms with Gasteiger partial charge in [-0.3, -0.25) is 0 Å². The van der Waals surface area contributed by atoms with Crippen LogP contribution in [0, 0.1) is 17.7 Å². The number of methoxy groups -OCH3 is 1. The molecule has 2 amide bonds. The summed E-state index contributed by atoms with van der Waals surface area (Å²) in [7, 11) is 3.60. The van der Waals surface area contributed by atoms with Crippen LogP contribution in [0.25, 0.3) is 0 Å². The third-order valence-corrected chi connectivity index (χ3v) is 8.75. The summed E-state index contributed by atoms with van der Waals surface area (Å²) in [6.07, 6.45) is 11.1. The number of nitrogens with zero attached hydrogens (tertiary/aromatic N) is 1. The fourth-order valence-electron chi connectivity index (χ4n) is 6.11. The lowest BCUT2D eigenvalue weighted by atomic mass is 9.74. The van der Waals surface area contributed by atoms with Gasteiger partial charge in [-0.25, -0.2) is 9.18 Å². The van der Waals surface area contributed by atoms with E-state index < -0.39 is 5.60 Å². The normalized spacial score (nSPS) is 21.7. The van der Waals surface area contributed by atoms with Crippen molar-refractivity contribution in [3.63, 3.8) is 0 Å². The van der Waals surface area contributed by atoms with Crippen LogP contribution in [0.15, 0.2) is 22.7 Å². The van der Waals surface area contributed by atoms with Gasteiger partial charge in [-0.15, -0.1) is 0 Å². The zero-order valence-electron chi connectivity index (χ0n) is 22.0. The summed E-state index contributed by atoms with van der Waals surface area (Å²) in [5.41, 5.74) is -0.669. The highest BCUT2D eigenvalue weighted by Crippen LogP contribution is 2.43. The molecule has 3 atom stereocenters. The monoisotopic (exact) mass is 569 g/mol. The lowest BCUT2D eigenvalue weighted by Crippen LogP contribution is -2.54. The molecule has 1 unspecified atom stereocenters. The smallest absolute Gasteiger partial charge is 0.317 e. The molecule has 0 bridgehead atoms. The highest BCUT2D eigenvalue weighted by molar-refractivity contribution is 9.10. The van der Waals surface area contributed by atoms with Gasteiger partial charge in [0, 0.05) is 55.3 Å². The Morgan fingerprint density at radius 1 is 1.25 bits per heavy atom. The zero-order valence-corrected chi connectivity index (χ0v) is 23.6. The van der Waals surface area contributed by atoms with Crippen LogP contribution in [0.5, 0.6) is 0 Å². The number of ether oxygens (including phenoxy) is 1. The lowest BCUT2D eigenvalue weighted by Gasteiger charge is -2.43. The molecule has 3 N–H and O–H groups in total. The highest BCUT2D eigenvalue weighted by Gasteiger charge is 2.42. The van der Waals surface area contributed by atoms with E-state index in [9.17, 15) is 14.3 Å². The first-order chi connectivity index (χ1) is 17.4. The van der Waals surface area contributed by atoms with E-state index >= 15 is 0 Å². The third kappa shape index (κ3) is 8.14. The quantitative estimate of drug-likeness (QED) is 0.287. The number of unbranched alkanes of at least 4 members (excludes halogenated alkanes) is 1. The van der Waals surface area contributed by atoms with Crippen molar-refractivity contribution in [3.8, 4) is 0 Å². The van der Waals surface area contributed by atoms with Crippen molar-refractivity contribution in [2.24, 2.45) is 11.8 Å². The van der Waals surface area contributed by atoms with E-state index in [4.69, 9.17) is 4.74 Å². The van der Waals surface area contributed by atoms with Gasteiger partial charge >= 0.3 is 6.03 Å². The van der Waals surface area contributed by atoms with Crippen molar-refractivity contribution in [1.29, 1.82) is 0 Å². The molecule has 8 heteroatoms. The standard InChI is InChI=1S/C28H45BrFN3O3/c1-31-19-24(17-21-9-4-3-5-10-21)32-27(34)33-15-8-11-22(20-33)28(35,14-6-7-16-36-2)25-18-23(30)12-13-26(25)29/h12-13,18,21-22,24,31,35H,3-11,14-17,19-20H2,1-2H3,(H,32,34)/t22-,24?,28+/m1/s1. The number of halogens is 2. The van der Waals surface area contributed by atoms with Gasteiger partial charge in [-0.2, -0.15) is 0 Å². The zero-order chi connectivity index (χ0) is 26.0. The molecule has 204 valence electrons. The number of amides is 2. The molecule has 2 fully saturated rings. The Morgan fingerprint density at radius 3 is 2.75 bits per heavy atom. The van der Waals surface area contributed by atoms with E-state index in [2.05, 4.69) is 26.6 Å². The summed E-state index contributed by atoms with van der Waals surface area (Å²) in [6.45, 7) is 2.49. The van der Waals surface area contributed by atoms with E-state index in [1.165, 1.54) is 44.2 Å². The minimum Gasteiger partial charge on any atom is -0.385 e. The van der Waals surface area contributed by atoms with Crippen LogP contribution in [0.2, 0.25) is 0 Å². The van der Waals surface area contributed by atoms with Crippen molar-refractivity contribution in [1.82, 2.24) is 15.5 Å². The topological polar surface area (TPSA) is 73.8 Å². The predicted octanol–water partition coefficient (Wildman–Crippen LogP) is 5.57. The second-order valence-corrected chi connectivity index (χ2v) is 11.6. The first kappa shape index (κ1) is 29.3. The SMILES string of the molecule is CNCC(CC1CCCCC1)NC(=O)N1CCC[C@@H]([C@@](O)(CCCCOC)c2cc(F)ccc2Br)C1. The number of urea groups is 1. The van der Waals surface area contributed by atoms with E-state index in [0.717, 1.165) is 38.6 Å². The van der Waals surface area contributed by atoms with Crippen LogP contribution >= 0.6 is 15.9 Å². The van der Waals surface area contributed by atoms with Gasteiger partial charge in [0.2, 0.25) is 0 Å². The number of hydrogen-bond acceptors (Lipinski definition) is 4. The number of carbonyl (C=O) groups is 1. The van der Waals surface area contributed by atoms with Crippen molar-refractivity contribution >= 4 is 22.0 Å². The van der Waals surface area contributed by atoms with Gasteiger partial charge in [0.1, 0.15) is 5.82 Å². The number of benzene rings is 1. The molecule has 1 aromatic rings. The number of aliphatic hydroxyl groups is 1. The van der Waals surface area contributed by atoms with Crippen molar-refractivity contribution < 1.29 is 19.0 Å². The van der Waals surface area contributed by atoms with Gasteiger partial charge in [-0.1, -0.05) is 48.0 Å². The van der Waals surface area contributed by atoms with Gasteiger partial charge in [0.05, 0.1) is 5.60 Å². The lowest BCUT2D eigenvalue weighted by molar-refractivity contribution is -0.0571. The molecule has 1 saturated carbocycles. The summed E-state index contributed by atoms with van der Waals surface area (Å²) >= 11 is 3.55. The summed E-state index contributed by atoms with van der Waals surface area (Å²) in [5.74, 6) is 0.124. The Hall–Kier alpha value is -1.22. The number of likely N-dealkylation sites (N-methyl/N-ethyl adjacent to an activating group) is 1. The van der Waals surface area contributed by atoms with Crippen LogP contribution in [-0.4, -0.2) is 62.5 Å². The Morgan fingerprint density at radius 2 is 2.03 bits per heavy atom. The maximum atomic E-state index is 14.3. The Labute approximate surface area is 224 Å². The fraction of sp³-hybridized carbons (Fsp3) is 0.750. The molecule has 1 heterocycles. The number of piperidine rings is 1. The van der Waals surface area contributed by atoms with Crippen molar-refractivity contribution in [2.45, 2.75) is 82.3 Å². The van der Waals surface area contributed by atoms with E-state index in [1.807, 2.05) is 11.9 Å². The molecule has 0 aromatic heterocycles. The van der Waals surface area contributed by atoms with Gasteiger partial charge < -0.3 is 25.4 Å². The first-order valence-electron chi connectivity index (χ1n) is 13.7. The van der Waals surface area contributed by atoms with Crippen molar-refractivity contribution in [2.75, 3.05) is 40.4 Å². The largest absolute Gasteiger partial charge is 0.385 e. The molecule has 36 heavy (non-hydrogen) atoms. The Balaban J connectivity index is 1.72. The molecule has 1 aliphatic carbocycles. The molecule has 3 rings (SSSR count). The molecule has 0 radical (unpaired) electrons. The summed E-state index contributed by atoms with van der Waals surface area (Å²) in [4.78, 5) is 15.2. The molecule has 0 spiro atoms. The van der Waals surface area contributed by atoms with Crippen LogP contribution in [0.3, 0.4) is 0 Å². The molecule has 1 saturated heterocycles. The molecular formula is C28H45BrFN3O3. The van der Waals surface area contributed by atoms with Crippen LogP contribution in [-0.2, 0) is 10.3 Å². The van der Waals surface area contributed by atoms with Crippen LogP contribution in [0.1, 0.15) is 76.2 Å². The molecule has 2 aliphatic rings. The maximum Gasteiger partial charge on any atom is 0.317 e. The average Bonchev–Trinajstić information content (AvgIpc) is 2.88. The predicted molar refractivity (Wildman–Crippen MR) is 145 cm³/mol. The minimum absolute atomic E-state index is 0.0594. The fourth-order valence-corrected chi connectivity index (χ4v) is 6.70. The van der Waals surface area contributed by atoms with Crippen LogP contribution < -0.4 is 10.6 Å². The third-order valence-electron chi connectivity index (χ3n) is 8.06. The number of hydrogen-bond donors (Lipinski definition) is 3. The Bertz CT molecular complexity index is 823. The van der Waals surface area contributed by atoms with Gasteiger partial charge in [-0.05, 0) is 69.7 Å². The molecule has 1 aliphatic heterocycles. The maximum absolute atomic E-state index is 14.3. The van der Waals surface area contributed by atoms with Gasteiger partial charge in [0.25, 0.3) is 0 Å². The summed E-state index contributed by atoms with van der Waals surface area (Å²) < 4.78 is 20.2. The Kier molecular flexibility index (Phi) is 11.9. The molecule has 1 aromatic carbocycles. The highest BCUT2D eigenvalue weighted by atomic mass is 79.9. The summed E-state index contributed by atoms with van der Waals surface area (Å²) in [6, 6.07) is 4.53. The van der Waals surface area contributed by atoms with Crippen molar-refractivity contribution in [3.05, 3.63) is 34.1 Å². The second-order valence-electron chi connectivity index (χ2n) is 10.7. The number of likely N-dealkylation sites (tertiary alicyclic amines) is 1. The second kappa shape index (κ2) is 14.6.